The van der Waals surface area contributed by atoms with Gasteiger partial charge in [0, 0.05) is 23.0 Å². The second kappa shape index (κ2) is 5.47. The molecular weight excluding hydrogens is 232 g/mol. The molecule has 1 unspecified atom stereocenters. The van der Waals surface area contributed by atoms with Crippen molar-refractivity contribution in [2.75, 3.05) is 0 Å². The molecule has 3 nitrogen and oxygen atoms in total. The van der Waals surface area contributed by atoms with Gasteiger partial charge < -0.3 is 9.84 Å². The summed E-state index contributed by atoms with van der Waals surface area (Å²) in [4.78, 5) is 1.42. The number of rotatable bonds is 5. The van der Waals surface area contributed by atoms with Gasteiger partial charge in [0.25, 0.3) is 0 Å². The van der Waals surface area contributed by atoms with E-state index in [1.807, 2.05) is 25.2 Å². The third-order valence-electron chi connectivity index (χ3n) is 2.90. The van der Waals surface area contributed by atoms with E-state index in [1.165, 1.54) is 10.4 Å². The predicted molar refractivity (Wildman–Crippen MR) is 70.3 cm³/mol. The molecule has 2 heterocycles. The van der Waals surface area contributed by atoms with Crippen LogP contribution >= 0.6 is 11.3 Å². The van der Waals surface area contributed by atoms with Crippen molar-refractivity contribution in [2.45, 2.75) is 39.8 Å². The first-order valence-electron chi connectivity index (χ1n) is 5.84. The molecule has 0 saturated heterocycles. The molecule has 0 spiro atoms. The van der Waals surface area contributed by atoms with E-state index in [0.717, 1.165) is 24.4 Å². The lowest BCUT2D eigenvalue weighted by atomic mass is 10.1. The third-order valence-corrected chi connectivity index (χ3v) is 3.79. The highest BCUT2D eigenvalue weighted by atomic mass is 32.1. The van der Waals surface area contributed by atoms with E-state index in [1.54, 1.807) is 0 Å². The van der Waals surface area contributed by atoms with Crippen molar-refractivity contribution >= 4 is 11.3 Å². The topological polar surface area (TPSA) is 38.1 Å². The van der Waals surface area contributed by atoms with E-state index in [0.29, 0.717) is 6.04 Å². The smallest absolute Gasteiger partial charge is 0.138 e. The Morgan fingerprint density at radius 2 is 2.29 bits per heavy atom. The Labute approximate surface area is 106 Å². The molecular formula is C13H18N2OS. The van der Waals surface area contributed by atoms with E-state index < -0.39 is 0 Å². The van der Waals surface area contributed by atoms with Gasteiger partial charge in [0.1, 0.15) is 5.76 Å². The molecule has 0 bridgehead atoms. The molecule has 0 aromatic carbocycles. The Morgan fingerprint density at radius 1 is 1.47 bits per heavy atom. The maximum Gasteiger partial charge on any atom is 0.138 e. The largest absolute Gasteiger partial charge is 0.361 e. The van der Waals surface area contributed by atoms with Crippen molar-refractivity contribution < 1.29 is 4.52 Å². The molecule has 17 heavy (non-hydrogen) atoms. The first-order valence-corrected chi connectivity index (χ1v) is 6.72. The fourth-order valence-corrected chi connectivity index (χ4v) is 2.67. The summed E-state index contributed by atoms with van der Waals surface area (Å²) < 4.78 is 5.15. The second-order valence-corrected chi connectivity index (χ2v) is 5.40. The number of aromatic nitrogens is 1. The van der Waals surface area contributed by atoms with Crippen LogP contribution in [0.4, 0.5) is 0 Å². The average molecular weight is 250 g/mol. The molecule has 0 amide bonds. The fourth-order valence-electron chi connectivity index (χ4n) is 1.83. The molecule has 0 aliphatic carbocycles. The molecule has 0 aliphatic rings. The molecule has 0 radical (unpaired) electrons. The van der Waals surface area contributed by atoms with Gasteiger partial charge in [-0.1, -0.05) is 11.2 Å². The van der Waals surface area contributed by atoms with E-state index >= 15 is 0 Å². The van der Waals surface area contributed by atoms with Gasteiger partial charge in [-0.2, -0.15) is 0 Å². The molecule has 1 N–H and O–H groups in total. The highest BCUT2D eigenvalue weighted by Gasteiger charge is 2.10. The average Bonchev–Trinajstić information content (AvgIpc) is 2.88. The van der Waals surface area contributed by atoms with Crippen molar-refractivity contribution in [3.8, 4) is 0 Å². The lowest BCUT2D eigenvalue weighted by Gasteiger charge is -2.12. The van der Waals surface area contributed by atoms with Crippen LogP contribution < -0.4 is 5.32 Å². The third kappa shape index (κ3) is 3.17. The van der Waals surface area contributed by atoms with Crippen molar-refractivity contribution in [2.24, 2.45) is 0 Å². The highest BCUT2D eigenvalue weighted by Crippen LogP contribution is 2.14. The SMILES string of the molecule is Cc1noc(C)c1CNC(C)Cc1cccs1. The minimum absolute atomic E-state index is 0.461. The van der Waals surface area contributed by atoms with E-state index in [-0.39, 0.29) is 0 Å². The number of aryl methyl sites for hydroxylation is 2. The summed E-state index contributed by atoms with van der Waals surface area (Å²) in [6, 6.07) is 4.74. The zero-order valence-electron chi connectivity index (χ0n) is 10.5. The van der Waals surface area contributed by atoms with Gasteiger partial charge in [-0.3, -0.25) is 0 Å². The Kier molecular flexibility index (Phi) is 3.97. The molecule has 4 heteroatoms. The quantitative estimate of drug-likeness (QED) is 0.886. The Balaban J connectivity index is 1.86. The van der Waals surface area contributed by atoms with Crippen molar-refractivity contribution in [1.29, 1.82) is 0 Å². The number of hydrogen-bond donors (Lipinski definition) is 1. The molecule has 2 aromatic heterocycles. The molecule has 0 fully saturated rings. The molecule has 92 valence electrons. The highest BCUT2D eigenvalue weighted by molar-refractivity contribution is 7.09. The summed E-state index contributed by atoms with van der Waals surface area (Å²) >= 11 is 1.81. The number of nitrogens with zero attached hydrogens (tertiary/aromatic N) is 1. The predicted octanol–water partition coefficient (Wildman–Crippen LogP) is 3.07. The van der Waals surface area contributed by atoms with Gasteiger partial charge in [0.05, 0.1) is 5.69 Å². The lowest BCUT2D eigenvalue weighted by Crippen LogP contribution is -2.27. The van der Waals surface area contributed by atoms with Crippen LogP contribution in [-0.4, -0.2) is 11.2 Å². The zero-order valence-corrected chi connectivity index (χ0v) is 11.3. The number of thiophene rings is 1. The monoisotopic (exact) mass is 250 g/mol. The summed E-state index contributed by atoms with van der Waals surface area (Å²) in [5.74, 6) is 0.915. The molecule has 0 aliphatic heterocycles. The Bertz CT molecular complexity index is 442. The van der Waals surface area contributed by atoms with Crippen LogP contribution in [0.1, 0.15) is 28.8 Å². The summed E-state index contributed by atoms with van der Waals surface area (Å²) in [7, 11) is 0. The van der Waals surface area contributed by atoms with Gasteiger partial charge in [-0.05, 0) is 38.6 Å². The molecule has 2 rings (SSSR count). The van der Waals surface area contributed by atoms with E-state index in [4.69, 9.17) is 4.52 Å². The van der Waals surface area contributed by atoms with Gasteiger partial charge in [0.15, 0.2) is 0 Å². The maximum atomic E-state index is 5.15. The van der Waals surface area contributed by atoms with Crippen LogP contribution in [0.25, 0.3) is 0 Å². The molecule has 0 saturated carbocycles. The first kappa shape index (κ1) is 12.3. The first-order chi connectivity index (χ1) is 8.16. The molecule has 1 atom stereocenters. The fraction of sp³-hybridized carbons (Fsp3) is 0.462. The number of nitrogens with one attached hydrogen (secondary N) is 1. The summed E-state index contributed by atoms with van der Waals surface area (Å²) in [5.41, 5.74) is 2.17. The second-order valence-electron chi connectivity index (χ2n) is 4.37. The standard InChI is InChI=1S/C13H18N2OS/c1-9(7-12-5-4-6-17-12)14-8-13-10(2)15-16-11(13)3/h4-6,9,14H,7-8H2,1-3H3. The summed E-state index contributed by atoms with van der Waals surface area (Å²) in [5, 5.41) is 9.59. The molecule has 2 aromatic rings. The van der Waals surface area contributed by atoms with Gasteiger partial charge >= 0.3 is 0 Å². The summed E-state index contributed by atoms with van der Waals surface area (Å²) in [6.45, 7) is 6.98. The minimum Gasteiger partial charge on any atom is -0.361 e. The Morgan fingerprint density at radius 3 is 2.88 bits per heavy atom. The van der Waals surface area contributed by atoms with Crippen LogP contribution in [0.5, 0.6) is 0 Å². The Hall–Kier alpha value is -1.13. The van der Waals surface area contributed by atoms with Crippen molar-refractivity contribution in [3.63, 3.8) is 0 Å². The summed E-state index contributed by atoms with van der Waals surface area (Å²) in [6.07, 6.45) is 1.07. The van der Waals surface area contributed by atoms with E-state index in [2.05, 4.69) is 34.9 Å². The normalized spacial score (nSPS) is 12.9. The maximum absolute atomic E-state index is 5.15. The zero-order chi connectivity index (χ0) is 12.3. The van der Waals surface area contributed by atoms with Crippen molar-refractivity contribution in [3.05, 3.63) is 39.4 Å². The lowest BCUT2D eigenvalue weighted by molar-refractivity contribution is 0.391. The van der Waals surface area contributed by atoms with Crippen LogP contribution in [0.2, 0.25) is 0 Å². The van der Waals surface area contributed by atoms with Gasteiger partial charge in [-0.25, -0.2) is 0 Å². The van der Waals surface area contributed by atoms with Crippen molar-refractivity contribution in [1.82, 2.24) is 10.5 Å². The minimum atomic E-state index is 0.461. The van der Waals surface area contributed by atoms with E-state index in [9.17, 15) is 0 Å². The van der Waals surface area contributed by atoms with Crippen LogP contribution in [0, 0.1) is 13.8 Å². The van der Waals surface area contributed by atoms with Crippen LogP contribution in [0.15, 0.2) is 22.0 Å². The van der Waals surface area contributed by atoms with Gasteiger partial charge in [-0.15, -0.1) is 11.3 Å². The van der Waals surface area contributed by atoms with Crippen LogP contribution in [0.3, 0.4) is 0 Å². The number of hydrogen-bond acceptors (Lipinski definition) is 4. The van der Waals surface area contributed by atoms with Crippen LogP contribution in [-0.2, 0) is 13.0 Å². The van der Waals surface area contributed by atoms with Gasteiger partial charge in [0.2, 0.25) is 0 Å².